The molecule has 0 aliphatic rings. The van der Waals surface area contributed by atoms with Crippen molar-refractivity contribution in [3.8, 4) is 0 Å². The number of fused-ring (bicyclic) bond motifs is 1. The number of anilines is 1. The average Bonchev–Trinajstić information content (AvgIpc) is 3.41. The Morgan fingerprint density at radius 2 is 1.73 bits per heavy atom. The number of benzene rings is 2. The molecule has 0 atom stereocenters. The lowest BCUT2D eigenvalue weighted by atomic mass is 10.1. The minimum absolute atomic E-state index is 0.314. The second kappa shape index (κ2) is 10.7. The fourth-order valence-corrected chi connectivity index (χ4v) is 4.61. The van der Waals surface area contributed by atoms with Gasteiger partial charge in [-0.3, -0.25) is 0 Å². The smallest absolute Gasteiger partial charge is 0.330 e. The molecule has 2 aromatic heterocycles. The Balaban J connectivity index is 1.35. The van der Waals surface area contributed by atoms with Crippen LogP contribution >= 0.6 is 22.7 Å². The highest BCUT2D eigenvalue weighted by molar-refractivity contribution is 7.30. The second-order valence-corrected chi connectivity index (χ2v) is 8.75. The maximum atomic E-state index is 11.1. The van der Waals surface area contributed by atoms with Gasteiger partial charge in [-0.1, -0.05) is 41.4 Å². The van der Waals surface area contributed by atoms with Gasteiger partial charge in [0.05, 0.1) is 22.7 Å². The van der Waals surface area contributed by atoms with Crippen molar-refractivity contribution in [3.05, 3.63) is 72.8 Å². The number of thiazole rings is 1. The Hall–Kier alpha value is -3.76. The Morgan fingerprint density at radius 1 is 1.03 bits per heavy atom. The van der Waals surface area contributed by atoms with E-state index in [0.717, 1.165) is 43.2 Å². The zero-order valence-electron chi connectivity index (χ0n) is 17.8. The van der Waals surface area contributed by atoms with E-state index in [4.69, 9.17) is 4.74 Å². The number of hydrogen-bond acceptors (Lipinski definition) is 10. The predicted molar refractivity (Wildman–Crippen MR) is 133 cm³/mol. The Kier molecular flexibility index (Phi) is 7.28. The van der Waals surface area contributed by atoms with Gasteiger partial charge in [0.15, 0.2) is 0 Å². The third-order valence-corrected chi connectivity index (χ3v) is 6.40. The highest BCUT2D eigenvalue weighted by Crippen LogP contribution is 2.39. The first kappa shape index (κ1) is 22.4. The molecule has 0 fully saturated rings. The first-order chi connectivity index (χ1) is 16.1. The van der Waals surface area contributed by atoms with Crippen LogP contribution in [0.25, 0.3) is 9.53 Å². The van der Waals surface area contributed by atoms with E-state index in [1.54, 1.807) is 0 Å². The van der Waals surface area contributed by atoms with Crippen molar-refractivity contribution in [2.24, 2.45) is 20.5 Å². The molecule has 0 bridgehead atoms. The summed E-state index contributed by atoms with van der Waals surface area (Å²) in [5, 5.41) is 21.5. The fraction of sp³-hybridized carbons (Fsp3) is 0.130. The monoisotopic (exact) mass is 476 g/mol. The zero-order chi connectivity index (χ0) is 23.0. The van der Waals surface area contributed by atoms with Crippen molar-refractivity contribution >= 4 is 65.4 Å². The summed E-state index contributed by atoms with van der Waals surface area (Å²) in [7, 11) is 1.87. The van der Waals surface area contributed by atoms with Crippen molar-refractivity contribution in [2.75, 3.05) is 19.0 Å². The maximum Gasteiger partial charge on any atom is 0.330 e. The Morgan fingerprint density at radius 3 is 2.39 bits per heavy atom. The summed E-state index contributed by atoms with van der Waals surface area (Å²) >= 11 is 2.92. The number of hydrogen-bond donors (Lipinski definition) is 1. The van der Waals surface area contributed by atoms with Crippen LogP contribution in [0, 0.1) is 0 Å². The number of nitrogens with one attached hydrogen (secondary N) is 1. The molecule has 4 aromatic rings. The topological polar surface area (TPSA) is 101 Å². The second-order valence-electron chi connectivity index (χ2n) is 6.74. The molecule has 2 aromatic carbocycles. The molecule has 10 heteroatoms. The van der Waals surface area contributed by atoms with Crippen LogP contribution in [0.3, 0.4) is 0 Å². The highest BCUT2D eigenvalue weighted by Gasteiger charge is 2.08. The minimum Gasteiger partial charge on any atom is -0.462 e. The number of esters is 1. The predicted octanol–water partition coefficient (Wildman–Crippen LogP) is 7.50. The lowest BCUT2D eigenvalue weighted by molar-refractivity contribution is -0.137. The normalized spacial score (nSPS) is 11.4. The van der Waals surface area contributed by atoms with E-state index < -0.39 is 5.97 Å². The van der Waals surface area contributed by atoms with E-state index in [2.05, 4.69) is 37.3 Å². The van der Waals surface area contributed by atoms with Gasteiger partial charge in [0.2, 0.25) is 5.13 Å². The number of ether oxygens (including phenoxy) is 1. The van der Waals surface area contributed by atoms with E-state index >= 15 is 0 Å². The van der Waals surface area contributed by atoms with Gasteiger partial charge in [0, 0.05) is 25.2 Å². The molecule has 0 unspecified atom stereocenters. The average molecular weight is 477 g/mol. The van der Waals surface area contributed by atoms with Gasteiger partial charge in [-0.25, -0.2) is 9.78 Å². The van der Waals surface area contributed by atoms with Gasteiger partial charge in [-0.15, -0.1) is 20.5 Å². The Labute approximate surface area is 198 Å². The van der Waals surface area contributed by atoms with E-state index in [1.165, 1.54) is 22.7 Å². The number of azo groups is 2. The van der Waals surface area contributed by atoms with Crippen LogP contribution in [0.2, 0.25) is 0 Å². The van der Waals surface area contributed by atoms with E-state index in [1.807, 2.05) is 61.6 Å². The molecule has 0 aliphatic carbocycles. The van der Waals surface area contributed by atoms with Gasteiger partial charge >= 0.3 is 5.97 Å². The van der Waals surface area contributed by atoms with E-state index in [-0.39, 0.29) is 0 Å². The third kappa shape index (κ3) is 6.15. The molecular weight excluding hydrogens is 456 g/mol. The van der Waals surface area contributed by atoms with Crippen LogP contribution in [-0.2, 0) is 16.0 Å². The number of rotatable bonds is 9. The van der Waals surface area contributed by atoms with Gasteiger partial charge < -0.3 is 10.1 Å². The molecule has 0 radical (unpaired) electrons. The molecule has 4 rings (SSSR count). The van der Waals surface area contributed by atoms with Crippen molar-refractivity contribution in [1.82, 2.24) is 4.98 Å². The van der Waals surface area contributed by atoms with Gasteiger partial charge in [0.25, 0.3) is 0 Å². The minimum atomic E-state index is -0.416. The maximum absolute atomic E-state index is 11.1. The number of aromatic nitrogens is 1. The van der Waals surface area contributed by atoms with Crippen LogP contribution in [0.15, 0.2) is 87.7 Å². The number of carbonyl (C=O) groups excluding carboxylic acids is 1. The van der Waals surface area contributed by atoms with Crippen LogP contribution in [0.5, 0.6) is 0 Å². The van der Waals surface area contributed by atoms with Crippen molar-refractivity contribution < 1.29 is 9.53 Å². The van der Waals surface area contributed by atoms with Crippen molar-refractivity contribution in [2.45, 2.75) is 6.42 Å². The summed E-state index contributed by atoms with van der Waals surface area (Å²) in [5.41, 5.74) is 3.58. The van der Waals surface area contributed by atoms with Crippen LogP contribution in [-0.4, -0.2) is 24.6 Å². The lowest BCUT2D eigenvalue weighted by Crippen LogP contribution is -2.04. The van der Waals surface area contributed by atoms with Crippen molar-refractivity contribution in [3.63, 3.8) is 0 Å². The summed E-state index contributed by atoms with van der Waals surface area (Å²) in [4.78, 5) is 16.4. The van der Waals surface area contributed by atoms with Gasteiger partial charge in [-0.2, -0.15) is 0 Å². The summed E-state index contributed by atoms with van der Waals surface area (Å²) < 4.78 is 5.99. The molecule has 1 N–H and O–H groups in total. The van der Waals surface area contributed by atoms with Crippen LogP contribution in [0.1, 0.15) is 5.56 Å². The molecule has 0 aliphatic heterocycles. The number of thiophene rings is 1. The molecule has 8 nitrogen and oxygen atoms in total. The fourth-order valence-electron chi connectivity index (χ4n) is 2.76. The first-order valence-corrected chi connectivity index (χ1v) is 11.7. The molecule has 0 spiro atoms. The molecule has 0 saturated carbocycles. The molecule has 0 saturated heterocycles. The number of nitrogens with zero attached hydrogens (tertiary/aromatic N) is 5. The zero-order valence-corrected chi connectivity index (χ0v) is 19.4. The lowest BCUT2D eigenvalue weighted by Gasteiger charge is -2.02. The summed E-state index contributed by atoms with van der Waals surface area (Å²) in [6, 6.07) is 17.3. The molecule has 166 valence electrons. The number of carbonyl (C=O) groups is 1. The molecule has 33 heavy (non-hydrogen) atoms. The molecule has 0 amide bonds. The third-order valence-electron chi connectivity index (χ3n) is 4.47. The van der Waals surface area contributed by atoms with Crippen molar-refractivity contribution in [1.29, 1.82) is 0 Å². The summed E-state index contributed by atoms with van der Waals surface area (Å²) in [6.07, 6.45) is 1.79. The SMILES string of the molecule is C=CC(=O)OCCc1ccc(/N=N/c2cc3sc(/N=N/c4ccc(NC)cc4)nc3s2)cc1. The highest BCUT2D eigenvalue weighted by atomic mass is 32.1. The summed E-state index contributed by atoms with van der Waals surface area (Å²) in [6.45, 7) is 3.69. The molecule has 2 heterocycles. The molecular formula is C23H20N6O2S2. The van der Waals surface area contributed by atoms with E-state index in [0.29, 0.717) is 18.2 Å². The Bertz CT molecular complexity index is 1280. The van der Waals surface area contributed by atoms with E-state index in [9.17, 15) is 4.79 Å². The van der Waals surface area contributed by atoms with Crippen LogP contribution < -0.4 is 5.32 Å². The van der Waals surface area contributed by atoms with Gasteiger partial charge in [-0.05, 0) is 48.0 Å². The van der Waals surface area contributed by atoms with Crippen LogP contribution in [0.4, 0.5) is 27.2 Å². The van der Waals surface area contributed by atoms with Gasteiger partial charge in [0.1, 0.15) is 9.83 Å². The summed E-state index contributed by atoms with van der Waals surface area (Å²) in [5.74, 6) is -0.416. The standard InChI is InChI=1S/C23H20N6O2S2/c1-3-21(30)31-13-12-15-4-6-17(7-5-15)26-28-20-14-19-22(33-20)25-23(32-19)29-27-18-10-8-16(24-2)9-11-18/h3-11,14,24H,1,12-13H2,2H3/b28-26+,29-27+. The first-order valence-electron chi connectivity index (χ1n) is 10.0. The largest absolute Gasteiger partial charge is 0.462 e. The quantitative estimate of drug-likeness (QED) is 0.153.